The van der Waals surface area contributed by atoms with Crippen molar-refractivity contribution >= 4 is 19.8 Å². The van der Waals surface area contributed by atoms with E-state index in [0.717, 1.165) is 19.4 Å². The van der Waals surface area contributed by atoms with Crippen molar-refractivity contribution in [3.05, 3.63) is 18.3 Å². The fourth-order valence-electron chi connectivity index (χ4n) is 3.93. The predicted octanol–water partition coefficient (Wildman–Crippen LogP) is 2.55. The monoisotopic (exact) mass is 303 g/mol. The number of aromatic nitrogens is 1. The smallest absolute Gasteiger partial charge is 0.327 e. The number of hydrogen-bond donors (Lipinski definition) is 2. The minimum Gasteiger partial charge on any atom is -0.401 e. The molecule has 1 aromatic heterocycles. The van der Waals surface area contributed by atoms with Crippen LogP contribution in [0.5, 0.6) is 0 Å². The van der Waals surface area contributed by atoms with E-state index in [4.69, 9.17) is 5.84 Å². The summed E-state index contributed by atoms with van der Waals surface area (Å²) in [5.41, 5.74) is -0.0778. The van der Waals surface area contributed by atoms with E-state index in [0.29, 0.717) is 0 Å². The zero-order valence-electron chi connectivity index (χ0n) is 15.0. The summed E-state index contributed by atoms with van der Waals surface area (Å²) in [6.45, 7) is 14.9. The van der Waals surface area contributed by atoms with E-state index in [1.54, 1.807) is 0 Å². The van der Waals surface area contributed by atoms with Crippen LogP contribution in [-0.2, 0) is 5.54 Å². The molecule has 7 heteroatoms. The number of fused-ring (bicyclic) bond motifs is 1. The van der Waals surface area contributed by atoms with E-state index in [1.165, 1.54) is 5.82 Å². The molecule has 1 aliphatic rings. The molecule has 122 valence electrons. The molecule has 0 saturated carbocycles. The highest BCUT2D eigenvalue weighted by Crippen LogP contribution is 2.32. The van der Waals surface area contributed by atoms with Gasteiger partial charge in [-0.05, 0) is 45.4 Å². The lowest BCUT2D eigenvalue weighted by molar-refractivity contribution is 0.153. The van der Waals surface area contributed by atoms with Crippen molar-refractivity contribution in [2.45, 2.75) is 65.8 Å². The summed E-state index contributed by atoms with van der Waals surface area (Å²) in [5, 5.41) is 3.68. The van der Waals surface area contributed by atoms with Crippen LogP contribution >= 0.6 is 0 Å². The zero-order chi connectivity index (χ0) is 16.5. The lowest BCUT2D eigenvalue weighted by Gasteiger charge is -2.44. The summed E-state index contributed by atoms with van der Waals surface area (Å²) >= 11 is 0. The molecule has 2 rings (SSSR count). The Labute approximate surface area is 136 Å². The van der Waals surface area contributed by atoms with Crippen LogP contribution in [0.1, 0.15) is 40.5 Å². The van der Waals surface area contributed by atoms with E-state index < -0.39 is 0 Å². The van der Waals surface area contributed by atoms with Gasteiger partial charge in [0.05, 0.1) is 11.4 Å². The van der Waals surface area contributed by atoms with Gasteiger partial charge in [0, 0.05) is 12.2 Å². The molecule has 3 N–H and O–H groups in total. The number of hydrogen-bond acceptors (Lipinski definition) is 4. The minimum atomic E-state index is -0.0778. The van der Waals surface area contributed by atoms with Gasteiger partial charge in [0.1, 0.15) is 0 Å². The Morgan fingerprint density at radius 3 is 2.59 bits per heavy atom. The SMILES string of the molecule is CCCN1B(C)Nc2cccn2C(C)(C)C(CC)N(N)B1C. The average molecular weight is 303 g/mol. The van der Waals surface area contributed by atoms with Gasteiger partial charge in [0.25, 0.3) is 0 Å². The highest BCUT2D eigenvalue weighted by Gasteiger charge is 2.42. The van der Waals surface area contributed by atoms with Gasteiger partial charge in [-0.3, -0.25) is 10.8 Å². The van der Waals surface area contributed by atoms with Crippen molar-refractivity contribution in [3.8, 4) is 0 Å². The van der Waals surface area contributed by atoms with Crippen molar-refractivity contribution in [2.24, 2.45) is 5.84 Å². The van der Waals surface area contributed by atoms with Crippen LogP contribution in [0.4, 0.5) is 5.82 Å². The van der Waals surface area contributed by atoms with Gasteiger partial charge in [0.2, 0.25) is 0 Å². The number of nitrogens with one attached hydrogen (secondary N) is 1. The first-order valence-electron chi connectivity index (χ1n) is 8.57. The quantitative estimate of drug-likeness (QED) is 0.665. The van der Waals surface area contributed by atoms with Crippen molar-refractivity contribution < 1.29 is 0 Å². The topological polar surface area (TPSA) is 49.5 Å². The summed E-state index contributed by atoms with van der Waals surface area (Å²) in [5.74, 6) is 7.77. The molecule has 0 amide bonds. The summed E-state index contributed by atoms with van der Waals surface area (Å²) in [4.78, 5) is 2.06. The summed E-state index contributed by atoms with van der Waals surface area (Å²) in [6, 6.07) is 4.53. The summed E-state index contributed by atoms with van der Waals surface area (Å²) in [6.07, 6.45) is 4.29. The number of nitrogens with zero attached hydrogens (tertiary/aromatic N) is 3. The van der Waals surface area contributed by atoms with E-state index in [9.17, 15) is 0 Å². The molecule has 1 atom stereocenters. The molecule has 0 aliphatic carbocycles. The van der Waals surface area contributed by atoms with Crippen LogP contribution < -0.4 is 11.1 Å². The van der Waals surface area contributed by atoms with Crippen LogP contribution in [-0.4, -0.2) is 40.8 Å². The molecule has 0 aromatic carbocycles. The third kappa shape index (κ3) is 2.94. The van der Waals surface area contributed by atoms with Gasteiger partial charge in [-0.15, -0.1) is 0 Å². The first-order valence-corrected chi connectivity index (χ1v) is 8.57. The fourth-order valence-corrected chi connectivity index (χ4v) is 3.93. The van der Waals surface area contributed by atoms with Gasteiger partial charge in [-0.1, -0.05) is 27.5 Å². The lowest BCUT2D eigenvalue weighted by Crippen LogP contribution is -2.65. The minimum absolute atomic E-state index is 0.0778. The van der Waals surface area contributed by atoms with E-state index >= 15 is 0 Å². The Morgan fingerprint density at radius 2 is 2.00 bits per heavy atom. The Kier molecular flexibility index (Phi) is 5.30. The van der Waals surface area contributed by atoms with Gasteiger partial charge in [0.15, 0.2) is 0 Å². The van der Waals surface area contributed by atoms with E-state index in [2.05, 4.69) is 79.1 Å². The van der Waals surface area contributed by atoms with Crippen LogP contribution in [0.25, 0.3) is 0 Å². The first kappa shape index (κ1) is 17.4. The van der Waals surface area contributed by atoms with Crippen molar-refractivity contribution in [1.29, 1.82) is 0 Å². The number of nitrogens with two attached hydrogens (primary N) is 1. The largest absolute Gasteiger partial charge is 0.401 e. The van der Waals surface area contributed by atoms with Crippen LogP contribution in [0.3, 0.4) is 0 Å². The zero-order valence-corrected chi connectivity index (χ0v) is 15.0. The fraction of sp³-hybridized carbons (Fsp3) is 0.733. The van der Waals surface area contributed by atoms with Crippen LogP contribution in [0.15, 0.2) is 18.3 Å². The van der Waals surface area contributed by atoms with Gasteiger partial charge in [-0.2, -0.15) is 0 Å². The second kappa shape index (κ2) is 6.69. The third-order valence-corrected chi connectivity index (χ3v) is 5.18. The Bertz CT molecular complexity index is 490. The first-order chi connectivity index (χ1) is 10.3. The maximum absolute atomic E-state index is 6.61. The molecule has 1 unspecified atom stereocenters. The van der Waals surface area contributed by atoms with E-state index in [-0.39, 0.29) is 25.5 Å². The molecule has 0 spiro atoms. The Morgan fingerprint density at radius 1 is 1.32 bits per heavy atom. The van der Waals surface area contributed by atoms with Crippen molar-refractivity contribution in [1.82, 2.24) is 14.2 Å². The lowest BCUT2D eigenvalue weighted by atomic mass is 9.61. The molecular weight excluding hydrogens is 272 g/mol. The van der Waals surface area contributed by atoms with Gasteiger partial charge < -0.3 is 14.5 Å². The Balaban J connectivity index is 2.50. The number of hydrazine groups is 1. The molecule has 5 nitrogen and oxygen atoms in total. The Hall–Kier alpha value is -0.910. The van der Waals surface area contributed by atoms with Crippen LogP contribution in [0, 0.1) is 0 Å². The number of anilines is 1. The molecule has 2 heterocycles. The molecule has 1 aromatic rings. The second-order valence-corrected chi connectivity index (χ2v) is 6.98. The highest BCUT2D eigenvalue weighted by atomic mass is 15.4. The molecule has 1 aliphatic heterocycles. The molecule has 0 saturated heterocycles. The van der Waals surface area contributed by atoms with E-state index in [1.807, 2.05) is 0 Å². The third-order valence-electron chi connectivity index (χ3n) is 5.18. The summed E-state index contributed by atoms with van der Waals surface area (Å²) in [7, 11) is 0. The maximum atomic E-state index is 6.61. The second-order valence-electron chi connectivity index (χ2n) is 6.98. The molecule has 0 fully saturated rings. The maximum Gasteiger partial charge on any atom is 0.327 e. The highest BCUT2D eigenvalue weighted by molar-refractivity contribution is 6.71. The normalized spacial score (nSPS) is 23.5. The molecule has 22 heavy (non-hydrogen) atoms. The average Bonchev–Trinajstić information content (AvgIpc) is 2.92. The van der Waals surface area contributed by atoms with Gasteiger partial charge >= 0.3 is 14.0 Å². The van der Waals surface area contributed by atoms with Crippen molar-refractivity contribution in [2.75, 3.05) is 11.8 Å². The molecular formula is C15H31B2N5. The van der Waals surface area contributed by atoms with Crippen LogP contribution in [0.2, 0.25) is 13.6 Å². The predicted molar refractivity (Wildman–Crippen MR) is 97.7 cm³/mol. The molecule has 0 bridgehead atoms. The van der Waals surface area contributed by atoms with Gasteiger partial charge in [-0.25, -0.2) is 0 Å². The van der Waals surface area contributed by atoms with Crippen molar-refractivity contribution in [3.63, 3.8) is 0 Å². The molecule has 0 radical (unpaired) electrons. The standard InChI is InChI=1S/C15H31B2N5/c1-7-11-21-16(5)19-14-10-9-12-20(14)15(3,4)13(8-2)22(18)17(21)6/h9-10,12-13,19H,7-8,11,18H2,1-6H3. The number of rotatable bonds is 3. The summed E-state index contributed by atoms with van der Waals surface area (Å²) < 4.78 is 4.78.